The summed E-state index contributed by atoms with van der Waals surface area (Å²) < 4.78 is 0. The highest BCUT2D eigenvalue weighted by Gasteiger charge is 2.13. The van der Waals surface area contributed by atoms with Crippen LogP contribution in [-0.2, 0) is 4.79 Å². The van der Waals surface area contributed by atoms with Gasteiger partial charge >= 0.3 is 0 Å². The molecule has 0 aromatic carbocycles. The Balaban J connectivity index is 4.00. The highest BCUT2D eigenvalue weighted by atomic mass is 16.2. The van der Waals surface area contributed by atoms with Gasteiger partial charge in [-0.05, 0) is 26.7 Å². The Morgan fingerprint density at radius 2 is 1.83 bits per heavy atom. The van der Waals surface area contributed by atoms with Crippen molar-refractivity contribution in [2.75, 3.05) is 6.54 Å². The van der Waals surface area contributed by atoms with Gasteiger partial charge in [-0.15, -0.1) is 0 Å². The van der Waals surface area contributed by atoms with Crippen molar-refractivity contribution in [2.24, 2.45) is 0 Å². The van der Waals surface area contributed by atoms with Gasteiger partial charge in [0.1, 0.15) is 0 Å². The third-order valence-corrected chi connectivity index (χ3v) is 1.87. The first-order valence-electron chi connectivity index (χ1n) is 4.92. The zero-order valence-electron chi connectivity index (χ0n) is 8.76. The molecule has 72 valence electrons. The number of carbonyl (C=O) groups is 1. The van der Waals surface area contributed by atoms with Crippen LogP contribution in [0.15, 0.2) is 0 Å². The van der Waals surface area contributed by atoms with Crippen LogP contribution in [0.5, 0.6) is 0 Å². The van der Waals surface area contributed by atoms with E-state index in [-0.39, 0.29) is 0 Å². The quantitative estimate of drug-likeness (QED) is 0.622. The molecule has 0 bridgehead atoms. The third-order valence-electron chi connectivity index (χ3n) is 1.87. The molecule has 0 atom stereocenters. The first-order valence-corrected chi connectivity index (χ1v) is 4.92. The second-order valence-electron chi connectivity index (χ2n) is 3.43. The second kappa shape index (κ2) is 6.04. The molecule has 0 aromatic heterocycles. The van der Waals surface area contributed by atoms with Gasteiger partial charge in [-0.25, -0.2) is 0 Å². The molecular weight excluding hydrogens is 150 g/mol. The van der Waals surface area contributed by atoms with E-state index in [4.69, 9.17) is 0 Å². The van der Waals surface area contributed by atoms with Gasteiger partial charge in [-0.2, -0.15) is 0 Å². The Hall–Kier alpha value is -0.530. The van der Waals surface area contributed by atoms with Crippen LogP contribution in [-0.4, -0.2) is 23.4 Å². The monoisotopic (exact) mass is 171 g/mol. The van der Waals surface area contributed by atoms with E-state index in [0.29, 0.717) is 18.4 Å². The molecule has 0 rings (SSSR count). The highest BCUT2D eigenvalue weighted by molar-refractivity contribution is 5.76. The second-order valence-corrected chi connectivity index (χ2v) is 3.43. The Morgan fingerprint density at radius 1 is 1.25 bits per heavy atom. The average molecular weight is 171 g/mol. The summed E-state index contributed by atoms with van der Waals surface area (Å²) in [5.41, 5.74) is 0. The fourth-order valence-corrected chi connectivity index (χ4v) is 1.27. The maximum atomic E-state index is 11.5. The number of nitrogens with zero attached hydrogens (tertiary/aromatic N) is 1. The first kappa shape index (κ1) is 11.5. The molecule has 12 heavy (non-hydrogen) atoms. The molecule has 0 spiro atoms. The molecule has 0 saturated carbocycles. The summed E-state index contributed by atoms with van der Waals surface area (Å²) in [6.07, 6.45) is 2.69. The van der Waals surface area contributed by atoms with Gasteiger partial charge in [0, 0.05) is 19.0 Å². The Labute approximate surface area is 75.9 Å². The summed E-state index contributed by atoms with van der Waals surface area (Å²) in [5, 5.41) is 0. The number of hydrogen-bond donors (Lipinski definition) is 0. The molecule has 0 aliphatic rings. The molecule has 2 nitrogen and oxygen atoms in total. The van der Waals surface area contributed by atoms with Gasteiger partial charge in [0.15, 0.2) is 0 Å². The van der Waals surface area contributed by atoms with Crippen molar-refractivity contribution in [3.05, 3.63) is 0 Å². The lowest BCUT2D eigenvalue weighted by Gasteiger charge is -2.26. The van der Waals surface area contributed by atoms with E-state index in [1.807, 2.05) is 11.8 Å². The summed E-state index contributed by atoms with van der Waals surface area (Å²) in [4.78, 5) is 13.5. The molecular formula is C10H21NO. The molecule has 1 amide bonds. The van der Waals surface area contributed by atoms with Crippen molar-refractivity contribution in [2.45, 2.75) is 53.0 Å². The maximum Gasteiger partial charge on any atom is 0.222 e. The van der Waals surface area contributed by atoms with E-state index in [9.17, 15) is 4.79 Å². The number of amides is 1. The molecule has 0 aliphatic heterocycles. The van der Waals surface area contributed by atoms with Crippen molar-refractivity contribution in [1.29, 1.82) is 0 Å². The van der Waals surface area contributed by atoms with Crippen molar-refractivity contribution < 1.29 is 4.79 Å². The smallest absolute Gasteiger partial charge is 0.222 e. The standard InChI is InChI=1S/C10H21NO/c1-5-7-10(12)11(8-6-2)9(3)4/h9H,5-8H2,1-4H3. The number of hydrogen-bond acceptors (Lipinski definition) is 1. The highest BCUT2D eigenvalue weighted by Crippen LogP contribution is 2.04. The summed E-state index contributed by atoms with van der Waals surface area (Å²) in [5.74, 6) is 0.300. The predicted octanol–water partition coefficient (Wildman–Crippen LogP) is 2.43. The number of rotatable bonds is 5. The normalized spacial score (nSPS) is 10.4. The Bertz CT molecular complexity index is 132. The fourth-order valence-electron chi connectivity index (χ4n) is 1.27. The van der Waals surface area contributed by atoms with Gasteiger partial charge in [0.2, 0.25) is 5.91 Å². The lowest BCUT2D eigenvalue weighted by molar-refractivity contribution is -0.132. The molecule has 0 radical (unpaired) electrons. The number of carbonyl (C=O) groups excluding carboxylic acids is 1. The topological polar surface area (TPSA) is 20.3 Å². The van der Waals surface area contributed by atoms with Crippen LogP contribution in [0.25, 0.3) is 0 Å². The van der Waals surface area contributed by atoms with Crippen LogP contribution in [0, 0.1) is 0 Å². The molecule has 0 fully saturated rings. The molecule has 2 heteroatoms. The fraction of sp³-hybridized carbons (Fsp3) is 0.900. The van der Waals surface area contributed by atoms with Gasteiger partial charge in [-0.1, -0.05) is 13.8 Å². The molecule has 0 aliphatic carbocycles. The van der Waals surface area contributed by atoms with Crippen molar-refractivity contribution >= 4 is 5.91 Å². The molecule has 0 aromatic rings. The molecule has 0 heterocycles. The van der Waals surface area contributed by atoms with E-state index in [2.05, 4.69) is 20.8 Å². The van der Waals surface area contributed by atoms with E-state index in [1.165, 1.54) is 0 Å². The van der Waals surface area contributed by atoms with Crippen molar-refractivity contribution in [3.63, 3.8) is 0 Å². The summed E-state index contributed by atoms with van der Waals surface area (Å²) in [7, 11) is 0. The Morgan fingerprint density at radius 3 is 2.17 bits per heavy atom. The summed E-state index contributed by atoms with van der Waals surface area (Å²) >= 11 is 0. The van der Waals surface area contributed by atoms with Gasteiger partial charge in [0.25, 0.3) is 0 Å². The van der Waals surface area contributed by atoms with Crippen molar-refractivity contribution in [1.82, 2.24) is 4.90 Å². The van der Waals surface area contributed by atoms with Gasteiger partial charge in [-0.3, -0.25) is 4.79 Å². The minimum absolute atomic E-state index is 0.300. The maximum absolute atomic E-state index is 11.5. The largest absolute Gasteiger partial charge is 0.340 e. The van der Waals surface area contributed by atoms with Crippen LogP contribution >= 0.6 is 0 Å². The zero-order chi connectivity index (χ0) is 9.56. The lowest BCUT2D eigenvalue weighted by atomic mass is 10.2. The minimum atomic E-state index is 0.300. The summed E-state index contributed by atoms with van der Waals surface area (Å²) in [6.45, 7) is 9.19. The van der Waals surface area contributed by atoms with Crippen LogP contribution in [0.1, 0.15) is 47.0 Å². The van der Waals surface area contributed by atoms with Crippen LogP contribution in [0.2, 0.25) is 0 Å². The first-order chi connectivity index (χ1) is 5.63. The molecule has 0 N–H and O–H groups in total. The van der Waals surface area contributed by atoms with E-state index in [1.54, 1.807) is 0 Å². The zero-order valence-corrected chi connectivity index (χ0v) is 8.76. The van der Waals surface area contributed by atoms with Crippen LogP contribution in [0.4, 0.5) is 0 Å². The lowest BCUT2D eigenvalue weighted by Crippen LogP contribution is -2.37. The van der Waals surface area contributed by atoms with E-state index >= 15 is 0 Å². The molecule has 0 saturated heterocycles. The third kappa shape index (κ3) is 3.74. The van der Waals surface area contributed by atoms with Crippen molar-refractivity contribution in [3.8, 4) is 0 Å². The predicted molar refractivity (Wildman–Crippen MR) is 52.0 cm³/mol. The molecule has 0 unspecified atom stereocenters. The van der Waals surface area contributed by atoms with E-state index < -0.39 is 0 Å². The average Bonchev–Trinajstić information content (AvgIpc) is 1.99. The van der Waals surface area contributed by atoms with Crippen LogP contribution < -0.4 is 0 Å². The van der Waals surface area contributed by atoms with Gasteiger partial charge in [0.05, 0.1) is 0 Å². The van der Waals surface area contributed by atoms with Crippen LogP contribution in [0.3, 0.4) is 0 Å². The Kier molecular flexibility index (Phi) is 5.77. The summed E-state index contributed by atoms with van der Waals surface area (Å²) in [6, 6.07) is 0.351. The SMILES string of the molecule is CCCC(=O)N(CCC)C(C)C. The van der Waals surface area contributed by atoms with Gasteiger partial charge < -0.3 is 4.90 Å². The van der Waals surface area contributed by atoms with E-state index in [0.717, 1.165) is 19.4 Å². The minimum Gasteiger partial charge on any atom is -0.340 e.